The Kier molecular flexibility index (Phi) is 4.86. The Bertz CT molecular complexity index is 1020. The third kappa shape index (κ3) is 3.44. The van der Waals surface area contributed by atoms with Crippen molar-refractivity contribution in [1.29, 1.82) is 0 Å². The summed E-state index contributed by atoms with van der Waals surface area (Å²) in [6.45, 7) is 13.3. The maximum Gasteiger partial charge on any atom is 0.199 e. The molecule has 0 saturated carbocycles. The second-order valence-corrected chi connectivity index (χ2v) is 9.31. The average molecular weight is 382 g/mol. The van der Waals surface area contributed by atoms with Crippen molar-refractivity contribution in [3.8, 4) is 22.6 Å². The Hall–Kier alpha value is -2.62. The molecule has 1 heterocycles. The van der Waals surface area contributed by atoms with E-state index in [0.717, 1.165) is 27.7 Å². The smallest absolute Gasteiger partial charge is 0.199 e. The standard InChI is InChI=1S/C24H31NO3/c1-23(2,3)15-12-16-20(14-9-10-18(26-7)19(11-14)27-8)22(25)28-21(16)17(13-15)24(4,5)6/h9-13H,25H2,1-8H3. The highest BCUT2D eigenvalue weighted by molar-refractivity contribution is 6.02. The molecular formula is C24H31NO3. The summed E-state index contributed by atoms with van der Waals surface area (Å²) in [6, 6.07) is 10.3. The van der Waals surface area contributed by atoms with Gasteiger partial charge in [-0.2, -0.15) is 0 Å². The summed E-state index contributed by atoms with van der Waals surface area (Å²) in [6.07, 6.45) is 0. The molecule has 4 heteroatoms. The number of anilines is 1. The van der Waals surface area contributed by atoms with Crippen LogP contribution in [0.25, 0.3) is 22.1 Å². The predicted molar refractivity (Wildman–Crippen MR) is 117 cm³/mol. The molecule has 0 aliphatic heterocycles. The zero-order valence-corrected chi connectivity index (χ0v) is 18.2. The lowest BCUT2D eigenvalue weighted by Crippen LogP contribution is -2.16. The van der Waals surface area contributed by atoms with Gasteiger partial charge in [-0.25, -0.2) is 0 Å². The third-order valence-corrected chi connectivity index (χ3v) is 5.16. The van der Waals surface area contributed by atoms with Crippen LogP contribution in [-0.4, -0.2) is 14.2 Å². The van der Waals surface area contributed by atoms with Crippen LogP contribution in [0.3, 0.4) is 0 Å². The lowest BCUT2D eigenvalue weighted by molar-refractivity contribution is 0.355. The van der Waals surface area contributed by atoms with Crippen LogP contribution in [0.4, 0.5) is 5.88 Å². The molecule has 0 unspecified atom stereocenters. The third-order valence-electron chi connectivity index (χ3n) is 5.16. The fourth-order valence-electron chi connectivity index (χ4n) is 3.50. The van der Waals surface area contributed by atoms with E-state index in [1.54, 1.807) is 14.2 Å². The van der Waals surface area contributed by atoms with Crippen LogP contribution in [-0.2, 0) is 10.8 Å². The molecule has 150 valence electrons. The van der Waals surface area contributed by atoms with Gasteiger partial charge in [0.2, 0.25) is 0 Å². The van der Waals surface area contributed by atoms with Crippen molar-refractivity contribution in [2.75, 3.05) is 20.0 Å². The zero-order valence-electron chi connectivity index (χ0n) is 18.2. The van der Waals surface area contributed by atoms with Crippen molar-refractivity contribution in [3.05, 3.63) is 41.5 Å². The lowest BCUT2D eigenvalue weighted by Gasteiger charge is -2.25. The van der Waals surface area contributed by atoms with E-state index in [1.807, 2.05) is 18.2 Å². The number of nitrogen functional groups attached to an aromatic ring is 1. The van der Waals surface area contributed by atoms with E-state index in [-0.39, 0.29) is 10.8 Å². The molecule has 0 aliphatic rings. The van der Waals surface area contributed by atoms with Gasteiger partial charge in [-0.15, -0.1) is 0 Å². The number of hydrogen-bond donors (Lipinski definition) is 1. The van der Waals surface area contributed by atoms with Gasteiger partial charge in [0, 0.05) is 10.9 Å². The first-order valence-electron chi connectivity index (χ1n) is 9.56. The number of nitrogens with two attached hydrogens (primary N) is 1. The van der Waals surface area contributed by atoms with E-state index in [1.165, 1.54) is 5.56 Å². The van der Waals surface area contributed by atoms with E-state index in [2.05, 4.69) is 53.7 Å². The molecule has 0 amide bonds. The predicted octanol–water partition coefficient (Wildman–Crippen LogP) is 6.29. The Morgan fingerprint density at radius 1 is 0.821 bits per heavy atom. The van der Waals surface area contributed by atoms with Crippen LogP contribution in [0.1, 0.15) is 52.7 Å². The normalized spacial score (nSPS) is 12.4. The summed E-state index contributed by atoms with van der Waals surface area (Å²) in [5.41, 5.74) is 11.4. The van der Waals surface area contributed by atoms with Crippen LogP contribution >= 0.6 is 0 Å². The van der Waals surface area contributed by atoms with Crippen LogP contribution in [0.2, 0.25) is 0 Å². The molecule has 0 fully saturated rings. The topological polar surface area (TPSA) is 57.6 Å². The maximum absolute atomic E-state index is 6.38. The molecule has 4 nitrogen and oxygen atoms in total. The van der Waals surface area contributed by atoms with E-state index in [9.17, 15) is 0 Å². The van der Waals surface area contributed by atoms with Gasteiger partial charge in [-0.1, -0.05) is 53.7 Å². The number of furan rings is 1. The minimum atomic E-state index is -0.0708. The Morgan fingerprint density at radius 2 is 1.46 bits per heavy atom. The molecule has 0 aliphatic carbocycles. The molecule has 0 saturated heterocycles. The summed E-state index contributed by atoms with van der Waals surface area (Å²) in [7, 11) is 3.26. The monoisotopic (exact) mass is 381 g/mol. The van der Waals surface area contributed by atoms with Crippen LogP contribution in [0.5, 0.6) is 11.5 Å². The van der Waals surface area contributed by atoms with Crippen molar-refractivity contribution in [3.63, 3.8) is 0 Å². The highest BCUT2D eigenvalue weighted by Crippen LogP contribution is 2.45. The summed E-state index contributed by atoms with van der Waals surface area (Å²) >= 11 is 0. The van der Waals surface area contributed by atoms with E-state index in [4.69, 9.17) is 19.6 Å². The average Bonchev–Trinajstić information content (AvgIpc) is 2.94. The minimum Gasteiger partial charge on any atom is -0.493 e. The van der Waals surface area contributed by atoms with Gasteiger partial charge in [-0.3, -0.25) is 0 Å². The summed E-state index contributed by atoms with van der Waals surface area (Å²) in [5.74, 6) is 1.76. The molecule has 1 aromatic heterocycles. The Balaban J connectivity index is 2.37. The number of ether oxygens (including phenoxy) is 2. The number of hydrogen-bond acceptors (Lipinski definition) is 4. The lowest BCUT2D eigenvalue weighted by atomic mass is 9.79. The first kappa shape index (κ1) is 20.1. The van der Waals surface area contributed by atoms with Gasteiger partial charge < -0.3 is 19.6 Å². The number of methoxy groups -OCH3 is 2. The highest BCUT2D eigenvalue weighted by atomic mass is 16.5. The second-order valence-electron chi connectivity index (χ2n) is 9.31. The van der Waals surface area contributed by atoms with Crippen molar-refractivity contribution in [1.82, 2.24) is 0 Å². The summed E-state index contributed by atoms with van der Waals surface area (Å²) in [5, 5.41) is 1.03. The van der Waals surface area contributed by atoms with Crippen molar-refractivity contribution >= 4 is 16.9 Å². The fraction of sp³-hybridized carbons (Fsp3) is 0.417. The Morgan fingerprint density at radius 3 is 2.00 bits per heavy atom. The maximum atomic E-state index is 6.38. The van der Waals surface area contributed by atoms with Gasteiger partial charge in [-0.05, 0) is 40.2 Å². The van der Waals surface area contributed by atoms with Gasteiger partial charge in [0.15, 0.2) is 17.4 Å². The van der Waals surface area contributed by atoms with E-state index in [0.29, 0.717) is 17.4 Å². The van der Waals surface area contributed by atoms with Gasteiger partial charge in [0.05, 0.1) is 19.8 Å². The van der Waals surface area contributed by atoms with Crippen molar-refractivity contribution in [2.24, 2.45) is 0 Å². The number of rotatable bonds is 3. The molecule has 2 aromatic carbocycles. The molecule has 2 N–H and O–H groups in total. The van der Waals surface area contributed by atoms with E-state index >= 15 is 0 Å². The zero-order chi connectivity index (χ0) is 20.9. The molecule has 0 atom stereocenters. The molecule has 28 heavy (non-hydrogen) atoms. The molecule has 3 rings (SSSR count). The van der Waals surface area contributed by atoms with Crippen LogP contribution in [0, 0.1) is 0 Å². The van der Waals surface area contributed by atoms with Crippen LogP contribution in [0.15, 0.2) is 34.7 Å². The number of fused-ring (bicyclic) bond motifs is 1. The van der Waals surface area contributed by atoms with Gasteiger partial charge in [0.1, 0.15) is 5.58 Å². The number of benzene rings is 2. The van der Waals surface area contributed by atoms with Crippen LogP contribution < -0.4 is 15.2 Å². The molecule has 0 radical (unpaired) electrons. The van der Waals surface area contributed by atoms with Gasteiger partial charge in [0.25, 0.3) is 0 Å². The van der Waals surface area contributed by atoms with Crippen molar-refractivity contribution < 1.29 is 13.9 Å². The molecule has 0 spiro atoms. The first-order chi connectivity index (χ1) is 13.0. The van der Waals surface area contributed by atoms with E-state index < -0.39 is 0 Å². The molecular weight excluding hydrogens is 350 g/mol. The minimum absolute atomic E-state index is 0.00902. The van der Waals surface area contributed by atoms with Crippen molar-refractivity contribution in [2.45, 2.75) is 52.4 Å². The quantitative estimate of drug-likeness (QED) is 0.579. The first-order valence-corrected chi connectivity index (χ1v) is 9.56. The Labute approximate surface area is 167 Å². The molecule has 3 aromatic rings. The second kappa shape index (κ2) is 6.77. The highest BCUT2D eigenvalue weighted by Gasteiger charge is 2.27. The van der Waals surface area contributed by atoms with Gasteiger partial charge >= 0.3 is 0 Å². The molecule has 0 bridgehead atoms. The summed E-state index contributed by atoms with van der Waals surface area (Å²) < 4.78 is 17.0. The largest absolute Gasteiger partial charge is 0.493 e. The SMILES string of the molecule is COc1ccc(-c2c(N)oc3c(C(C)(C)C)cc(C(C)(C)C)cc23)cc1OC. The summed E-state index contributed by atoms with van der Waals surface area (Å²) in [4.78, 5) is 0. The fourth-order valence-corrected chi connectivity index (χ4v) is 3.50.